The molecule has 0 bridgehead atoms. The highest BCUT2D eigenvalue weighted by atomic mass is 32.2. The molecule has 8 nitrogen and oxygen atoms in total. The van der Waals surface area contributed by atoms with E-state index in [-0.39, 0.29) is 0 Å². The van der Waals surface area contributed by atoms with Crippen LogP contribution in [0.5, 0.6) is 0 Å². The fraction of sp³-hybridized carbons (Fsp3) is 0.333. The summed E-state index contributed by atoms with van der Waals surface area (Å²) in [6.45, 7) is 0. The highest BCUT2D eigenvalue weighted by Gasteiger charge is 2.34. The van der Waals surface area contributed by atoms with Crippen molar-refractivity contribution in [1.82, 2.24) is 10.0 Å². The third kappa shape index (κ3) is 2.32. The lowest BCUT2D eigenvalue weighted by Crippen LogP contribution is -2.58. The van der Waals surface area contributed by atoms with Crippen molar-refractivity contribution >= 4 is 23.8 Å². The zero-order chi connectivity index (χ0) is 11.6. The maximum Gasteiger partial charge on any atom is 0.330 e. The van der Waals surface area contributed by atoms with E-state index in [0.29, 0.717) is 0 Å². The van der Waals surface area contributed by atoms with Gasteiger partial charge in [0.15, 0.2) is 0 Å². The van der Waals surface area contributed by atoms with Gasteiger partial charge in [0.05, 0.1) is 0 Å². The van der Waals surface area contributed by atoms with Gasteiger partial charge in [-0.2, -0.15) is 0 Å². The predicted molar refractivity (Wildman–Crippen MR) is 55.5 cm³/mol. The van der Waals surface area contributed by atoms with E-state index < -0.39 is 23.5 Å². The molecule has 0 saturated heterocycles. The van der Waals surface area contributed by atoms with E-state index in [4.69, 9.17) is 23.2 Å². The predicted octanol–water partition coefficient (Wildman–Crippen LogP) is -1.55. The molecule has 15 heavy (non-hydrogen) atoms. The van der Waals surface area contributed by atoms with Crippen LogP contribution in [0.4, 0.5) is 9.59 Å². The SMILES string of the molecule is NC(=O)N(N)C1C=CSC1N(N)C(N)=O. The monoisotopic (exact) mass is 232 g/mol. The van der Waals surface area contributed by atoms with Gasteiger partial charge in [-0.05, 0) is 5.41 Å². The number of carbonyl (C=O) groups is 2. The van der Waals surface area contributed by atoms with Crippen LogP contribution in [0, 0.1) is 0 Å². The Morgan fingerprint density at radius 3 is 2.13 bits per heavy atom. The number of primary amides is 2. The summed E-state index contributed by atoms with van der Waals surface area (Å²) in [5, 5.41) is 2.71. The molecule has 0 aromatic rings. The lowest BCUT2D eigenvalue weighted by atomic mass is 10.3. The second-order valence-corrected chi connectivity index (χ2v) is 3.86. The van der Waals surface area contributed by atoms with Crippen LogP contribution in [-0.4, -0.2) is 33.5 Å². The van der Waals surface area contributed by atoms with Crippen LogP contribution in [0.15, 0.2) is 11.5 Å². The van der Waals surface area contributed by atoms with Crippen molar-refractivity contribution in [2.75, 3.05) is 0 Å². The van der Waals surface area contributed by atoms with Gasteiger partial charge in [-0.25, -0.2) is 26.3 Å². The first-order chi connectivity index (χ1) is 6.95. The van der Waals surface area contributed by atoms with E-state index in [9.17, 15) is 9.59 Å². The van der Waals surface area contributed by atoms with Crippen molar-refractivity contribution < 1.29 is 9.59 Å². The molecule has 2 unspecified atom stereocenters. The van der Waals surface area contributed by atoms with E-state index in [1.54, 1.807) is 11.5 Å². The second kappa shape index (κ2) is 4.38. The quantitative estimate of drug-likeness (QED) is 0.259. The fourth-order valence-electron chi connectivity index (χ4n) is 1.11. The number of carbonyl (C=O) groups excluding carboxylic acids is 2. The summed E-state index contributed by atoms with van der Waals surface area (Å²) in [4.78, 5) is 21.7. The van der Waals surface area contributed by atoms with Gasteiger partial charge in [0, 0.05) is 0 Å². The van der Waals surface area contributed by atoms with Crippen molar-refractivity contribution in [3.05, 3.63) is 11.5 Å². The number of nitrogens with zero attached hydrogens (tertiary/aromatic N) is 2. The van der Waals surface area contributed by atoms with Crippen LogP contribution in [0.3, 0.4) is 0 Å². The van der Waals surface area contributed by atoms with Gasteiger partial charge in [0.2, 0.25) is 0 Å². The first-order valence-electron chi connectivity index (χ1n) is 3.94. The Morgan fingerprint density at radius 1 is 1.13 bits per heavy atom. The topological polar surface area (TPSA) is 145 Å². The average Bonchev–Trinajstić information content (AvgIpc) is 2.63. The van der Waals surface area contributed by atoms with Gasteiger partial charge in [0.25, 0.3) is 0 Å². The fourth-order valence-corrected chi connectivity index (χ4v) is 2.15. The number of hydrogen-bond acceptors (Lipinski definition) is 5. The molecule has 0 aromatic carbocycles. The number of nitrogens with two attached hydrogens (primary N) is 4. The Hall–Kier alpha value is -1.45. The van der Waals surface area contributed by atoms with Gasteiger partial charge in [0.1, 0.15) is 11.4 Å². The Bertz CT molecular complexity index is 308. The van der Waals surface area contributed by atoms with Crippen LogP contribution in [0.2, 0.25) is 0 Å². The van der Waals surface area contributed by atoms with Gasteiger partial charge >= 0.3 is 12.1 Å². The third-order valence-electron chi connectivity index (χ3n) is 1.89. The molecule has 1 aliphatic rings. The summed E-state index contributed by atoms with van der Waals surface area (Å²) in [5.74, 6) is 10.8. The van der Waals surface area contributed by atoms with Crippen molar-refractivity contribution in [3.63, 3.8) is 0 Å². The molecule has 9 heteroatoms. The Labute approximate surface area is 90.1 Å². The van der Waals surface area contributed by atoms with Gasteiger partial charge in [-0.15, -0.1) is 11.8 Å². The van der Waals surface area contributed by atoms with Crippen LogP contribution in [0.1, 0.15) is 0 Å². The summed E-state index contributed by atoms with van der Waals surface area (Å²) in [7, 11) is 0. The number of hydrazine groups is 2. The molecule has 1 rings (SSSR count). The molecule has 4 amide bonds. The third-order valence-corrected chi connectivity index (χ3v) is 2.99. The van der Waals surface area contributed by atoms with Gasteiger partial charge < -0.3 is 11.5 Å². The lowest BCUT2D eigenvalue weighted by molar-refractivity contribution is 0.162. The molecular formula is C6H12N6O2S. The minimum absolute atomic E-state index is 0.556. The molecule has 1 aliphatic heterocycles. The summed E-state index contributed by atoms with van der Waals surface area (Å²) < 4.78 is 0. The van der Waals surface area contributed by atoms with Crippen LogP contribution in [0.25, 0.3) is 0 Å². The molecule has 0 radical (unpaired) electrons. The molecule has 84 valence electrons. The van der Waals surface area contributed by atoms with Crippen LogP contribution < -0.4 is 23.2 Å². The molecule has 0 saturated carbocycles. The zero-order valence-corrected chi connectivity index (χ0v) is 8.55. The molecule has 0 aliphatic carbocycles. The smallest absolute Gasteiger partial charge is 0.330 e. The molecule has 8 N–H and O–H groups in total. The summed E-state index contributed by atoms with van der Waals surface area (Å²) in [6, 6.07) is -2.20. The Kier molecular flexibility index (Phi) is 3.39. The van der Waals surface area contributed by atoms with Gasteiger partial charge in [-0.3, -0.25) is 5.01 Å². The molecule has 0 aromatic heterocycles. The molecule has 0 spiro atoms. The van der Waals surface area contributed by atoms with E-state index in [0.717, 1.165) is 10.0 Å². The van der Waals surface area contributed by atoms with Crippen molar-refractivity contribution in [2.45, 2.75) is 11.4 Å². The van der Waals surface area contributed by atoms with Crippen molar-refractivity contribution in [3.8, 4) is 0 Å². The number of thioether (sulfide) groups is 1. The van der Waals surface area contributed by atoms with Gasteiger partial charge in [-0.1, -0.05) is 6.08 Å². The van der Waals surface area contributed by atoms with E-state index >= 15 is 0 Å². The zero-order valence-electron chi connectivity index (χ0n) is 7.74. The Morgan fingerprint density at radius 2 is 1.67 bits per heavy atom. The maximum absolute atomic E-state index is 10.8. The van der Waals surface area contributed by atoms with Crippen molar-refractivity contribution in [1.29, 1.82) is 0 Å². The molecule has 0 fully saturated rings. The maximum atomic E-state index is 10.8. The number of hydrogen-bond donors (Lipinski definition) is 4. The lowest BCUT2D eigenvalue weighted by Gasteiger charge is -2.30. The number of rotatable bonds is 2. The molecule has 1 heterocycles. The number of amides is 4. The molecule has 2 atom stereocenters. The number of urea groups is 2. The summed E-state index contributed by atoms with van der Waals surface area (Å²) in [6.07, 6.45) is 1.61. The van der Waals surface area contributed by atoms with Crippen LogP contribution in [-0.2, 0) is 0 Å². The van der Waals surface area contributed by atoms with E-state index in [1.807, 2.05) is 0 Å². The summed E-state index contributed by atoms with van der Waals surface area (Å²) in [5.41, 5.74) is 10.00. The molecular weight excluding hydrogens is 220 g/mol. The largest absolute Gasteiger partial charge is 0.350 e. The van der Waals surface area contributed by atoms with E-state index in [1.165, 1.54) is 11.8 Å². The average molecular weight is 232 g/mol. The first-order valence-corrected chi connectivity index (χ1v) is 4.88. The van der Waals surface area contributed by atoms with Crippen LogP contribution >= 0.6 is 11.8 Å². The normalized spacial score (nSPS) is 23.9. The minimum Gasteiger partial charge on any atom is -0.350 e. The minimum atomic E-state index is -0.810. The highest BCUT2D eigenvalue weighted by Crippen LogP contribution is 2.28. The van der Waals surface area contributed by atoms with E-state index in [2.05, 4.69) is 0 Å². The first kappa shape index (κ1) is 11.6. The highest BCUT2D eigenvalue weighted by molar-refractivity contribution is 8.03. The summed E-state index contributed by atoms with van der Waals surface area (Å²) >= 11 is 1.22. The Balaban J connectivity index is 2.76. The standard InChI is InChI=1S/C6H12N6O2S/c7-5(13)11(9)3-1-2-15-4(3)12(10)6(8)14/h1-4H,9-10H2,(H2,7,13)(H2,8,14). The van der Waals surface area contributed by atoms with Crippen molar-refractivity contribution in [2.24, 2.45) is 23.2 Å². The second-order valence-electron chi connectivity index (χ2n) is 2.84.